The SMILES string of the molecule is NCCCCC(NC(=O)C(CO)NC(=O)C(CS)NC(=O)CNC(=O)CNC(=O)CNC(=O)CN)C(=O)NC(CS)C(=O)O. The average molecular weight is 668 g/mol. The lowest BCUT2D eigenvalue weighted by molar-refractivity contribution is -0.141. The number of hydrogen-bond acceptors (Lipinski definition) is 13. The second kappa shape index (κ2) is 22.8. The van der Waals surface area contributed by atoms with E-state index < -0.39 is 97.7 Å². The Morgan fingerprint density at radius 2 is 1.05 bits per heavy atom. The predicted molar refractivity (Wildman–Crippen MR) is 161 cm³/mol. The lowest BCUT2D eigenvalue weighted by Gasteiger charge is -2.24. The molecule has 4 unspecified atom stereocenters. The fourth-order valence-electron chi connectivity index (χ4n) is 3.13. The number of nitrogens with two attached hydrogens (primary N) is 2. The van der Waals surface area contributed by atoms with E-state index in [9.17, 15) is 48.6 Å². The highest BCUT2D eigenvalue weighted by molar-refractivity contribution is 7.80. The minimum absolute atomic E-state index is 0.0787. The van der Waals surface area contributed by atoms with E-state index in [1.165, 1.54) is 0 Å². The van der Waals surface area contributed by atoms with Gasteiger partial charge in [-0.1, -0.05) is 0 Å². The van der Waals surface area contributed by atoms with Gasteiger partial charge < -0.3 is 58.9 Å². The summed E-state index contributed by atoms with van der Waals surface area (Å²) in [6.45, 7) is -2.41. The van der Waals surface area contributed by atoms with Gasteiger partial charge in [-0.3, -0.25) is 33.6 Å². The molecule has 250 valence electrons. The molecule has 0 heterocycles. The first-order valence-corrected chi connectivity index (χ1v) is 14.6. The van der Waals surface area contributed by atoms with Gasteiger partial charge in [-0.2, -0.15) is 25.3 Å². The van der Waals surface area contributed by atoms with Crippen LogP contribution in [0.5, 0.6) is 0 Å². The van der Waals surface area contributed by atoms with Crippen LogP contribution in [0.15, 0.2) is 0 Å². The maximum absolute atomic E-state index is 12.8. The smallest absolute Gasteiger partial charge is 0.327 e. The largest absolute Gasteiger partial charge is 0.480 e. The molecule has 0 aromatic carbocycles. The molecule has 19 nitrogen and oxygen atoms in total. The number of carbonyl (C=O) groups excluding carboxylic acids is 7. The van der Waals surface area contributed by atoms with Crippen LogP contribution in [0.3, 0.4) is 0 Å². The average Bonchev–Trinajstić information content (AvgIpc) is 3.00. The minimum Gasteiger partial charge on any atom is -0.480 e. The molecule has 0 aromatic rings. The number of thiol groups is 2. The molecule has 0 radical (unpaired) electrons. The van der Waals surface area contributed by atoms with Crippen molar-refractivity contribution >= 4 is 72.6 Å². The van der Waals surface area contributed by atoms with Gasteiger partial charge in [-0.25, -0.2) is 4.79 Å². The number of nitrogens with one attached hydrogen (secondary N) is 7. The van der Waals surface area contributed by atoms with Gasteiger partial charge >= 0.3 is 5.97 Å². The highest BCUT2D eigenvalue weighted by atomic mass is 32.1. The third kappa shape index (κ3) is 16.8. The van der Waals surface area contributed by atoms with Crippen molar-refractivity contribution in [2.75, 3.05) is 50.8 Å². The standard InChI is InChI=1S/C23H41N9O10S2/c24-4-2-1-3-12(20(38)32-15(11-44)23(41)42)30-21(39)13(9-33)31-22(40)14(10-43)29-19(37)8-28-18(36)7-27-17(35)6-26-16(34)5-25/h12-15,33,43-44H,1-11,24-25H2,(H,26,34)(H,27,35)(H,28,36)(H,29,37)(H,30,39)(H,31,40)(H,32,38)(H,41,42). The molecule has 0 saturated heterocycles. The van der Waals surface area contributed by atoms with Crippen molar-refractivity contribution in [3.05, 3.63) is 0 Å². The Morgan fingerprint density at radius 3 is 1.52 bits per heavy atom. The van der Waals surface area contributed by atoms with E-state index >= 15 is 0 Å². The molecule has 44 heavy (non-hydrogen) atoms. The first kappa shape index (κ1) is 40.3. The van der Waals surface area contributed by atoms with E-state index in [0.29, 0.717) is 19.4 Å². The molecular formula is C23H41N9O10S2. The zero-order valence-electron chi connectivity index (χ0n) is 23.8. The van der Waals surface area contributed by atoms with Gasteiger partial charge in [0.1, 0.15) is 24.2 Å². The molecular weight excluding hydrogens is 626 g/mol. The number of carboxylic acids is 1. The Morgan fingerprint density at radius 1 is 0.591 bits per heavy atom. The van der Waals surface area contributed by atoms with Crippen LogP contribution in [0.2, 0.25) is 0 Å². The van der Waals surface area contributed by atoms with Crippen LogP contribution in [0.4, 0.5) is 0 Å². The van der Waals surface area contributed by atoms with Gasteiger partial charge in [-0.05, 0) is 25.8 Å². The summed E-state index contributed by atoms with van der Waals surface area (Å²) in [5, 5.41) is 34.7. The fourth-order valence-corrected chi connectivity index (χ4v) is 3.64. The zero-order chi connectivity index (χ0) is 33.7. The second-order valence-corrected chi connectivity index (χ2v) is 9.74. The van der Waals surface area contributed by atoms with E-state index in [2.05, 4.69) is 62.5 Å². The summed E-state index contributed by atoms with van der Waals surface area (Å²) in [4.78, 5) is 96.2. The van der Waals surface area contributed by atoms with E-state index in [1.54, 1.807) is 0 Å². The molecule has 0 spiro atoms. The first-order chi connectivity index (χ1) is 20.8. The Balaban J connectivity index is 5.03. The molecule has 0 saturated carbocycles. The van der Waals surface area contributed by atoms with Crippen molar-refractivity contribution in [2.24, 2.45) is 11.5 Å². The predicted octanol–water partition coefficient (Wildman–Crippen LogP) is -6.70. The number of hydrogen-bond donors (Lipinski definition) is 13. The number of aliphatic carboxylic acids is 1. The molecule has 7 amide bonds. The molecule has 0 fully saturated rings. The van der Waals surface area contributed by atoms with Gasteiger partial charge in [0, 0.05) is 11.5 Å². The van der Waals surface area contributed by atoms with E-state index in [4.69, 9.17) is 11.5 Å². The normalized spacial score (nSPS) is 13.2. The van der Waals surface area contributed by atoms with E-state index in [0.717, 1.165) is 0 Å². The number of rotatable bonds is 22. The zero-order valence-corrected chi connectivity index (χ0v) is 25.6. The third-order valence-electron chi connectivity index (χ3n) is 5.55. The number of carbonyl (C=O) groups is 8. The summed E-state index contributed by atoms with van der Waals surface area (Å²) in [5.74, 6) is -7.33. The molecule has 0 bridgehead atoms. The summed E-state index contributed by atoms with van der Waals surface area (Å²) in [6, 6.07) is -5.43. The topological polar surface area (TPSA) is 313 Å². The van der Waals surface area contributed by atoms with Crippen LogP contribution in [0.25, 0.3) is 0 Å². The molecule has 0 aliphatic rings. The van der Waals surface area contributed by atoms with Crippen molar-refractivity contribution in [1.82, 2.24) is 37.2 Å². The summed E-state index contributed by atoms with van der Waals surface area (Å²) >= 11 is 7.88. The molecule has 0 aliphatic carbocycles. The van der Waals surface area contributed by atoms with Gasteiger partial charge in [0.15, 0.2) is 0 Å². The van der Waals surface area contributed by atoms with Crippen molar-refractivity contribution in [2.45, 2.75) is 43.4 Å². The molecule has 0 aromatic heterocycles. The van der Waals surface area contributed by atoms with E-state index in [-0.39, 0.29) is 24.5 Å². The summed E-state index contributed by atoms with van der Waals surface area (Å²) in [5.41, 5.74) is 10.6. The van der Waals surface area contributed by atoms with Crippen molar-refractivity contribution in [1.29, 1.82) is 0 Å². The molecule has 0 rings (SSSR count). The van der Waals surface area contributed by atoms with Gasteiger partial charge in [0.05, 0.1) is 32.8 Å². The summed E-state index contributed by atoms with van der Waals surface area (Å²) < 4.78 is 0. The first-order valence-electron chi connectivity index (χ1n) is 13.3. The van der Waals surface area contributed by atoms with E-state index in [1.807, 2.05) is 0 Å². The fraction of sp³-hybridized carbons (Fsp3) is 0.652. The Hall–Kier alpha value is -3.66. The van der Waals surface area contributed by atoms with Crippen LogP contribution in [0.1, 0.15) is 19.3 Å². The van der Waals surface area contributed by atoms with Crippen molar-refractivity contribution in [3.8, 4) is 0 Å². The molecule has 13 N–H and O–H groups in total. The number of unbranched alkanes of at least 4 members (excludes halogenated alkanes) is 1. The summed E-state index contributed by atoms with van der Waals surface area (Å²) in [7, 11) is 0. The number of amides is 7. The highest BCUT2D eigenvalue weighted by Crippen LogP contribution is 2.03. The van der Waals surface area contributed by atoms with Crippen molar-refractivity contribution in [3.63, 3.8) is 0 Å². The lowest BCUT2D eigenvalue weighted by atomic mass is 10.1. The van der Waals surface area contributed by atoms with Gasteiger partial charge in [0.2, 0.25) is 41.4 Å². The lowest BCUT2D eigenvalue weighted by Crippen LogP contribution is -2.59. The molecule has 4 atom stereocenters. The second-order valence-electron chi connectivity index (χ2n) is 9.01. The van der Waals surface area contributed by atoms with Gasteiger partial charge in [0.25, 0.3) is 0 Å². The highest BCUT2D eigenvalue weighted by Gasteiger charge is 2.30. The van der Waals surface area contributed by atoms with Crippen LogP contribution >= 0.6 is 25.3 Å². The minimum atomic E-state index is -1.57. The van der Waals surface area contributed by atoms with Crippen LogP contribution in [-0.4, -0.2) is 133 Å². The maximum atomic E-state index is 12.8. The van der Waals surface area contributed by atoms with Crippen LogP contribution in [0, 0.1) is 0 Å². The quantitative estimate of drug-likeness (QED) is 0.0379. The number of aliphatic hydroxyl groups is 1. The number of carboxylic acid groups (broad SMARTS) is 1. The molecule has 0 aliphatic heterocycles. The Kier molecular flexibility index (Phi) is 20.9. The van der Waals surface area contributed by atoms with Crippen LogP contribution in [-0.2, 0) is 38.4 Å². The Labute approximate surface area is 263 Å². The third-order valence-corrected chi connectivity index (χ3v) is 6.28. The molecule has 21 heteroatoms. The van der Waals surface area contributed by atoms with Crippen molar-refractivity contribution < 1.29 is 48.6 Å². The Bertz CT molecular complexity index is 1020. The van der Waals surface area contributed by atoms with Gasteiger partial charge in [-0.15, -0.1) is 0 Å². The number of aliphatic hydroxyl groups excluding tert-OH is 1. The monoisotopic (exact) mass is 667 g/mol. The summed E-state index contributed by atoms with van der Waals surface area (Å²) in [6.07, 6.45) is 0.977. The maximum Gasteiger partial charge on any atom is 0.327 e. The van der Waals surface area contributed by atoms with Crippen LogP contribution < -0.4 is 48.7 Å².